The SMILES string of the molecule is CCC1Oc2c(C(=O)O)cc(Cl)cc2N(C)C1=O.Cl. The van der Waals surface area contributed by atoms with E-state index in [1.165, 1.54) is 17.0 Å². The van der Waals surface area contributed by atoms with E-state index in [-0.39, 0.29) is 34.6 Å². The summed E-state index contributed by atoms with van der Waals surface area (Å²) in [4.78, 5) is 24.5. The van der Waals surface area contributed by atoms with Gasteiger partial charge in [-0.3, -0.25) is 4.79 Å². The van der Waals surface area contributed by atoms with Crippen LogP contribution in [0, 0.1) is 0 Å². The Balaban J connectivity index is 0.00000180. The quantitative estimate of drug-likeness (QED) is 0.912. The Hall–Kier alpha value is -1.46. The number of benzene rings is 1. The molecule has 7 heteroatoms. The molecular weight excluding hydrogens is 293 g/mol. The van der Waals surface area contributed by atoms with Crippen LogP contribution in [0.3, 0.4) is 0 Å². The number of carboxylic acid groups (broad SMARTS) is 1. The number of halogens is 2. The van der Waals surface area contributed by atoms with Crippen molar-refractivity contribution in [3.8, 4) is 5.75 Å². The van der Waals surface area contributed by atoms with Gasteiger partial charge >= 0.3 is 5.97 Å². The number of nitrogens with zero attached hydrogens (tertiary/aromatic N) is 1. The molecular formula is C12H13Cl2NO4. The number of carbonyl (C=O) groups is 2. The molecule has 0 saturated carbocycles. The van der Waals surface area contributed by atoms with Crippen LogP contribution in [0.5, 0.6) is 5.75 Å². The molecule has 0 radical (unpaired) electrons. The van der Waals surface area contributed by atoms with Crippen molar-refractivity contribution in [2.45, 2.75) is 19.4 Å². The topological polar surface area (TPSA) is 66.8 Å². The van der Waals surface area contributed by atoms with Crippen molar-refractivity contribution in [2.24, 2.45) is 0 Å². The Morgan fingerprint density at radius 1 is 1.53 bits per heavy atom. The summed E-state index contributed by atoms with van der Waals surface area (Å²) in [5, 5.41) is 9.39. The van der Waals surface area contributed by atoms with E-state index in [9.17, 15) is 9.59 Å². The average Bonchev–Trinajstić information content (AvgIpc) is 2.33. The van der Waals surface area contributed by atoms with Gasteiger partial charge in [0.05, 0.1) is 5.69 Å². The molecule has 0 aromatic heterocycles. The van der Waals surface area contributed by atoms with Crippen LogP contribution in [0.15, 0.2) is 12.1 Å². The van der Waals surface area contributed by atoms with Gasteiger partial charge in [0.1, 0.15) is 5.56 Å². The number of carboxylic acids is 1. The molecule has 1 amide bonds. The fourth-order valence-corrected chi connectivity index (χ4v) is 2.11. The summed E-state index contributed by atoms with van der Waals surface area (Å²) in [5.74, 6) is -1.14. The van der Waals surface area contributed by atoms with Crippen molar-refractivity contribution in [1.29, 1.82) is 0 Å². The minimum absolute atomic E-state index is 0. The van der Waals surface area contributed by atoms with Gasteiger partial charge in [-0.2, -0.15) is 0 Å². The predicted octanol–water partition coefficient (Wildman–Crippen LogP) is 2.59. The van der Waals surface area contributed by atoms with Crippen LogP contribution in [0.1, 0.15) is 23.7 Å². The molecule has 1 atom stereocenters. The second kappa shape index (κ2) is 5.67. The lowest BCUT2D eigenvalue weighted by molar-refractivity contribution is -0.126. The number of hydrogen-bond donors (Lipinski definition) is 1. The monoisotopic (exact) mass is 305 g/mol. The van der Waals surface area contributed by atoms with Crippen LogP contribution in [0.2, 0.25) is 5.02 Å². The van der Waals surface area contributed by atoms with Crippen LogP contribution in [-0.4, -0.2) is 30.1 Å². The molecule has 1 aliphatic rings. The largest absolute Gasteiger partial charge is 0.478 e. The van der Waals surface area contributed by atoms with Gasteiger partial charge in [0, 0.05) is 12.1 Å². The highest BCUT2D eigenvalue weighted by molar-refractivity contribution is 6.31. The van der Waals surface area contributed by atoms with Crippen LogP contribution >= 0.6 is 24.0 Å². The summed E-state index contributed by atoms with van der Waals surface area (Å²) in [7, 11) is 1.58. The smallest absolute Gasteiger partial charge is 0.339 e. The Morgan fingerprint density at radius 2 is 2.16 bits per heavy atom. The number of aromatic carboxylic acids is 1. The van der Waals surface area contributed by atoms with Gasteiger partial charge in [0.25, 0.3) is 5.91 Å². The Kier molecular flexibility index (Phi) is 4.66. The van der Waals surface area contributed by atoms with E-state index in [1.54, 1.807) is 14.0 Å². The van der Waals surface area contributed by atoms with Crippen molar-refractivity contribution in [3.63, 3.8) is 0 Å². The van der Waals surface area contributed by atoms with Crippen LogP contribution in [-0.2, 0) is 4.79 Å². The molecule has 0 saturated heterocycles. The normalized spacial score (nSPS) is 17.3. The summed E-state index contributed by atoms with van der Waals surface area (Å²) < 4.78 is 5.48. The van der Waals surface area contributed by atoms with Crippen molar-refractivity contribution in [3.05, 3.63) is 22.7 Å². The van der Waals surface area contributed by atoms with E-state index in [4.69, 9.17) is 21.4 Å². The van der Waals surface area contributed by atoms with Gasteiger partial charge in [0.15, 0.2) is 11.9 Å². The molecule has 0 bridgehead atoms. The zero-order valence-electron chi connectivity index (χ0n) is 10.3. The summed E-state index contributed by atoms with van der Waals surface area (Å²) in [5.41, 5.74) is 0.352. The third-order valence-corrected chi connectivity index (χ3v) is 3.08. The maximum Gasteiger partial charge on any atom is 0.339 e. The Labute approximate surface area is 121 Å². The van der Waals surface area contributed by atoms with E-state index >= 15 is 0 Å². The minimum Gasteiger partial charge on any atom is -0.478 e. The molecule has 0 spiro atoms. The zero-order chi connectivity index (χ0) is 13.4. The Morgan fingerprint density at radius 3 is 2.68 bits per heavy atom. The lowest BCUT2D eigenvalue weighted by Crippen LogP contribution is -2.43. The number of hydrogen-bond acceptors (Lipinski definition) is 3. The number of fused-ring (bicyclic) bond motifs is 1. The van der Waals surface area contributed by atoms with Crippen molar-refractivity contribution >= 4 is 41.6 Å². The second-order valence-electron chi connectivity index (χ2n) is 4.02. The third kappa shape index (κ3) is 2.62. The summed E-state index contributed by atoms with van der Waals surface area (Å²) in [6.07, 6.45) is -0.175. The molecule has 0 fully saturated rings. The maximum absolute atomic E-state index is 11.9. The number of ether oxygens (including phenoxy) is 1. The van der Waals surface area contributed by atoms with E-state index < -0.39 is 12.1 Å². The van der Waals surface area contributed by atoms with E-state index in [0.717, 1.165) is 0 Å². The number of amides is 1. The van der Waals surface area contributed by atoms with Gasteiger partial charge in [-0.25, -0.2) is 4.79 Å². The van der Waals surface area contributed by atoms with Crippen molar-refractivity contribution < 1.29 is 19.4 Å². The highest BCUT2D eigenvalue weighted by atomic mass is 35.5. The van der Waals surface area contributed by atoms with E-state index in [1.807, 2.05) is 0 Å². The summed E-state index contributed by atoms with van der Waals surface area (Å²) >= 11 is 5.85. The average molecular weight is 306 g/mol. The first kappa shape index (κ1) is 15.6. The van der Waals surface area contributed by atoms with Crippen molar-refractivity contribution in [2.75, 3.05) is 11.9 Å². The molecule has 1 unspecified atom stereocenters. The standard InChI is InChI=1S/C12H12ClNO4.ClH/c1-3-9-11(15)14(2)8-5-6(13)4-7(12(16)17)10(8)18-9;/h4-5,9H,3H2,1-2H3,(H,16,17);1H. The van der Waals surface area contributed by atoms with E-state index in [2.05, 4.69) is 0 Å². The zero-order valence-corrected chi connectivity index (χ0v) is 11.9. The maximum atomic E-state index is 11.9. The Bertz CT molecular complexity index is 533. The first-order valence-electron chi connectivity index (χ1n) is 5.46. The number of rotatable bonds is 2. The molecule has 1 aromatic carbocycles. The fraction of sp³-hybridized carbons (Fsp3) is 0.333. The van der Waals surface area contributed by atoms with Crippen LogP contribution in [0.4, 0.5) is 5.69 Å². The predicted molar refractivity (Wildman–Crippen MR) is 73.8 cm³/mol. The summed E-state index contributed by atoms with van der Waals surface area (Å²) in [6, 6.07) is 2.84. The highest BCUT2D eigenvalue weighted by Gasteiger charge is 2.34. The van der Waals surface area contributed by atoms with E-state index in [0.29, 0.717) is 12.1 Å². The highest BCUT2D eigenvalue weighted by Crippen LogP contribution is 2.39. The molecule has 5 nitrogen and oxygen atoms in total. The molecule has 19 heavy (non-hydrogen) atoms. The first-order valence-corrected chi connectivity index (χ1v) is 5.84. The molecule has 104 valence electrons. The molecule has 0 aliphatic carbocycles. The van der Waals surface area contributed by atoms with Gasteiger partial charge in [-0.05, 0) is 18.6 Å². The number of carbonyl (C=O) groups excluding carboxylic acids is 1. The summed E-state index contributed by atoms with van der Waals surface area (Å²) in [6.45, 7) is 1.80. The van der Waals surface area contributed by atoms with Crippen LogP contribution < -0.4 is 9.64 Å². The first-order chi connectivity index (χ1) is 8.45. The third-order valence-electron chi connectivity index (χ3n) is 2.86. The van der Waals surface area contributed by atoms with Crippen LogP contribution in [0.25, 0.3) is 0 Å². The molecule has 1 aliphatic heterocycles. The second-order valence-corrected chi connectivity index (χ2v) is 4.46. The van der Waals surface area contributed by atoms with Gasteiger partial charge in [0.2, 0.25) is 0 Å². The van der Waals surface area contributed by atoms with Gasteiger partial charge in [-0.15, -0.1) is 12.4 Å². The molecule has 1 aromatic rings. The fourth-order valence-electron chi connectivity index (χ4n) is 1.90. The minimum atomic E-state index is -1.13. The number of likely N-dealkylation sites (N-methyl/N-ethyl adjacent to an activating group) is 1. The van der Waals surface area contributed by atoms with Gasteiger partial charge in [-0.1, -0.05) is 18.5 Å². The van der Waals surface area contributed by atoms with Gasteiger partial charge < -0.3 is 14.7 Å². The van der Waals surface area contributed by atoms with Crippen molar-refractivity contribution in [1.82, 2.24) is 0 Å². The lowest BCUT2D eigenvalue weighted by atomic mass is 10.1. The lowest BCUT2D eigenvalue weighted by Gasteiger charge is -2.32. The molecule has 2 rings (SSSR count). The molecule has 1 heterocycles. The number of anilines is 1. The molecule has 1 N–H and O–H groups in total.